The molecule has 0 heterocycles. The molecule has 0 bridgehead atoms. The van der Waals surface area contributed by atoms with Crippen LogP contribution in [0.15, 0.2) is 46.0 Å². The van der Waals surface area contributed by atoms with Crippen LogP contribution in [0.5, 0.6) is 17.2 Å². The predicted molar refractivity (Wildman–Crippen MR) is 94.8 cm³/mol. The Bertz CT molecular complexity index is 762. The Hall–Kier alpha value is -2.54. The van der Waals surface area contributed by atoms with Crippen molar-refractivity contribution in [1.82, 2.24) is 5.43 Å². The Labute approximate surface area is 148 Å². The molecular formula is C17H17BrN2O4. The first-order valence-electron chi connectivity index (χ1n) is 7.07. The molecule has 6 nitrogen and oxygen atoms in total. The van der Waals surface area contributed by atoms with Crippen LogP contribution < -0.4 is 14.9 Å². The van der Waals surface area contributed by atoms with Crippen LogP contribution in [0.2, 0.25) is 0 Å². The molecule has 24 heavy (non-hydrogen) atoms. The number of nitrogens with zero attached hydrogens (tertiary/aromatic N) is 1. The molecule has 0 aliphatic rings. The highest BCUT2D eigenvalue weighted by Gasteiger charge is 2.07. The Morgan fingerprint density at radius 2 is 2.08 bits per heavy atom. The van der Waals surface area contributed by atoms with E-state index in [4.69, 9.17) is 9.47 Å². The zero-order valence-corrected chi connectivity index (χ0v) is 14.8. The Balaban J connectivity index is 1.90. The van der Waals surface area contributed by atoms with Crippen LogP contribution in [0, 0.1) is 6.92 Å². The van der Waals surface area contributed by atoms with Gasteiger partial charge in [-0.1, -0.05) is 27.6 Å². The molecule has 0 aliphatic heterocycles. The van der Waals surface area contributed by atoms with Crippen molar-refractivity contribution in [3.63, 3.8) is 0 Å². The lowest BCUT2D eigenvalue weighted by atomic mass is 10.1. The van der Waals surface area contributed by atoms with Gasteiger partial charge in [-0.25, -0.2) is 5.43 Å². The summed E-state index contributed by atoms with van der Waals surface area (Å²) in [4.78, 5) is 11.8. The van der Waals surface area contributed by atoms with Crippen LogP contribution in [0.25, 0.3) is 0 Å². The van der Waals surface area contributed by atoms with Crippen LogP contribution in [0.1, 0.15) is 11.1 Å². The molecule has 0 unspecified atom stereocenters. The van der Waals surface area contributed by atoms with E-state index in [9.17, 15) is 9.90 Å². The predicted octanol–water partition coefficient (Wildman–Crippen LogP) is 3.00. The van der Waals surface area contributed by atoms with Crippen LogP contribution >= 0.6 is 15.9 Å². The van der Waals surface area contributed by atoms with E-state index in [1.165, 1.54) is 13.3 Å². The number of phenolic OH excluding ortho intramolecular Hbond substituents is 1. The summed E-state index contributed by atoms with van der Waals surface area (Å²) in [6.45, 7) is 1.68. The minimum Gasteiger partial charge on any atom is -0.507 e. The first-order valence-corrected chi connectivity index (χ1v) is 7.86. The zero-order valence-electron chi connectivity index (χ0n) is 13.2. The van der Waals surface area contributed by atoms with Crippen molar-refractivity contribution in [2.24, 2.45) is 5.10 Å². The number of nitrogens with one attached hydrogen (secondary N) is 1. The quantitative estimate of drug-likeness (QED) is 0.584. The Morgan fingerprint density at radius 1 is 1.29 bits per heavy atom. The average Bonchev–Trinajstić information content (AvgIpc) is 2.56. The fourth-order valence-corrected chi connectivity index (χ4v) is 2.23. The van der Waals surface area contributed by atoms with Gasteiger partial charge in [-0.15, -0.1) is 0 Å². The van der Waals surface area contributed by atoms with Gasteiger partial charge in [0.05, 0.1) is 13.3 Å². The summed E-state index contributed by atoms with van der Waals surface area (Å²) in [6.07, 6.45) is 1.38. The van der Waals surface area contributed by atoms with E-state index in [1.54, 1.807) is 36.4 Å². The normalized spacial score (nSPS) is 10.6. The van der Waals surface area contributed by atoms with Crippen molar-refractivity contribution < 1.29 is 19.4 Å². The smallest absolute Gasteiger partial charge is 0.277 e. The fraction of sp³-hybridized carbons (Fsp3) is 0.176. The molecule has 0 atom stereocenters. The summed E-state index contributed by atoms with van der Waals surface area (Å²) in [6, 6.07) is 10.3. The molecule has 0 aliphatic carbocycles. The third kappa shape index (κ3) is 4.99. The van der Waals surface area contributed by atoms with Gasteiger partial charge >= 0.3 is 0 Å². The number of halogens is 1. The highest BCUT2D eigenvalue weighted by molar-refractivity contribution is 9.10. The lowest BCUT2D eigenvalue weighted by Crippen LogP contribution is -2.24. The third-order valence-electron chi connectivity index (χ3n) is 3.06. The SMILES string of the molecule is COc1cc(Br)ccc1OCC(=O)N/N=C/c1cc(C)ccc1O. The number of ether oxygens (including phenoxy) is 2. The molecule has 0 radical (unpaired) electrons. The largest absolute Gasteiger partial charge is 0.507 e. The van der Waals surface area contributed by atoms with Gasteiger partial charge in [0.15, 0.2) is 18.1 Å². The van der Waals surface area contributed by atoms with Gasteiger partial charge in [0.25, 0.3) is 5.91 Å². The number of rotatable bonds is 6. The number of aryl methyl sites for hydroxylation is 1. The average molecular weight is 393 g/mol. The summed E-state index contributed by atoms with van der Waals surface area (Å²) in [5.41, 5.74) is 3.84. The second-order valence-corrected chi connectivity index (χ2v) is 5.85. The first-order chi connectivity index (χ1) is 11.5. The van der Waals surface area contributed by atoms with Gasteiger partial charge in [0, 0.05) is 10.0 Å². The number of phenols is 1. The molecule has 2 N–H and O–H groups in total. The maximum Gasteiger partial charge on any atom is 0.277 e. The lowest BCUT2D eigenvalue weighted by molar-refractivity contribution is -0.123. The van der Waals surface area contributed by atoms with E-state index >= 15 is 0 Å². The van der Waals surface area contributed by atoms with Gasteiger partial charge in [0.2, 0.25) is 0 Å². The number of amides is 1. The topological polar surface area (TPSA) is 80.2 Å². The summed E-state index contributed by atoms with van der Waals surface area (Å²) in [5, 5.41) is 13.5. The lowest BCUT2D eigenvalue weighted by Gasteiger charge is -2.10. The van der Waals surface area contributed by atoms with E-state index in [0.717, 1.165) is 10.0 Å². The van der Waals surface area contributed by atoms with Crippen molar-refractivity contribution in [2.45, 2.75) is 6.92 Å². The van der Waals surface area contributed by atoms with Gasteiger partial charge in [-0.2, -0.15) is 5.10 Å². The molecule has 2 rings (SSSR count). The highest BCUT2D eigenvalue weighted by Crippen LogP contribution is 2.30. The van der Waals surface area contributed by atoms with Crippen molar-refractivity contribution in [3.05, 3.63) is 52.0 Å². The van der Waals surface area contributed by atoms with Crippen LogP contribution in [-0.2, 0) is 4.79 Å². The van der Waals surface area contributed by atoms with Gasteiger partial charge in [-0.3, -0.25) is 4.79 Å². The minimum absolute atomic E-state index is 0.0921. The Kier molecular flexibility index (Phi) is 6.20. The van der Waals surface area contributed by atoms with Gasteiger partial charge < -0.3 is 14.6 Å². The van der Waals surface area contributed by atoms with E-state index < -0.39 is 5.91 Å². The second kappa shape index (κ2) is 8.35. The molecule has 0 fully saturated rings. The molecule has 2 aromatic rings. The third-order valence-corrected chi connectivity index (χ3v) is 3.55. The van der Waals surface area contributed by atoms with Gasteiger partial charge in [0.1, 0.15) is 5.75 Å². The molecule has 0 aromatic heterocycles. The standard InChI is InChI=1S/C17H17BrN2O4/c1-11-3-5-14(21)12(7-11)9-19-20-17(22)10-24-15-6-4-13(18)8-16(15)23-2/h3-9,21H,10H2,1-2H3,(H,20,22)/b19-9+. The van der Waals surface area contributed by atoms with E-state index in [1.807, 2.05) is 6.92 Å². The number of methoxy groups -OCH3 is 1. The summed E-state index contributed by atoms with van der Waals surface area (Å²) in [7, 11) is 1.52. The highest BCUT2D eigenvalue weighted by atomic mass is 79.9. The van der Waals surface area contributed by atoms with Crippen LogP contribution in [-0.4, -0.2) is 30.9 Å². The number of aromatic hydroxyl groups is 1. The van der Waals surface area contributed by atoms with E-state index in [2.05, 4.69) is 26.5 Å². The molecule has 0 saturated carbocycles. The molecule has 7 heteroatoms. The number of carbonyl (C=O) groups is 1. The molecule has 2 aromatic carbocycles. The number of hydrogen-bond donors (Lipinski definition) is 2. The number of carbonyl (C=O) groups excluding carboxylic acids is 1. The van der Waals surface area contributed by atoms with Crippen molar-refractivity contribution in [1.29, 1.82) is 0 Å². The number of benzene rings is 2. The maximum atomic E-state index is 11.8. The maximum absolute atomic E-state index is 11.8. The van der Waals surface area contributed by atoms with Crippen molar-refractivity contribution in [2.75, 3.05) is 13.7 Å². The van der Waals surface area contributed by atoms with Crippen LogP contribution in [0.4, 0.5) is 0 Å². The number of hydrogen-bond acceptors (Lipinski definition) is 5. The fourth-order valence-electron chi connectivity index (χ4n) is 1.89. The number of hydrazone groups is 1. The molecular weight excluding hydrogens is 376 g/mol. The molecule has 126 valence electrons. The van der Waals surface area contributed by atoms with E-state index in [-0.39, 0.29) is 12.4 Å². The van der Waals surface area contributed by atoms with Crippen LogP contribution in [0.3, 0.4) is 0 Å². The first kappa shape index (κ1) is 17.8. The van der Waals surface area contributed by atoms with Crippen molar-refractivity contribution in [3.8, 4) is 17.2 Å². The van der Waals surface area contributed by atoms with Crippen molar-refractivity contribution >= 4 is 28.1 Å². The Morgan fingerprint density at radius 3 is 2.83 bits per heavy atom. The summed E-state index contributed by atoms with van der Waals surface area (Å²) in [5.74, 6) is 0.638. The zero-order chi connectivity index (χ0) is 17.5. The summed E-state index contributed by atoms with van der Waals surface area (Å²) >= 11 is 3.33. The minimum atomic E-state index is -0.427. The molecule has 0 spiro atoms. The molecule has 1 amide bonds. The molecule has 0 saturated heterocycles. The summed E-state index contributed by atoms with van der Waals surface area (Å²) < 4.78 is 11.4. The van der Waals surface area contributed by atoms with Gasteiger partial charge in [-0.05, 0) is 37.3 Å². The monoisotopic (exact) mass is 392 g/mol. The van der Waals surface area contributed by atoms with E-state index in [0.29, 0.717) is 17.1 Å². The second-order valence-electron chi connectivity index (χ2n) is 4.94.